The van der Waals surface area contributed by atoms with E-state index in [4.69, 9.17) is 90.0 Å². The van der Waals surface area contributed by atoms with Crippen LogP contribution in [0.15, 0.2) is 0 Å². The van der Waals surface area contributed by atoms with Gasteiger partial charge in [0.2, 0.25) is 0 Å². The molecule has 0 aromatic carbocycles. The van der Waals surface area contributed by atoms with Crippen molar-refractivity contribution < 1.29 is 90.0 Å². The van der Waals surface area contributed by atoms with E-state index in [1.165, 1.54) is 0 Å². The number of carboxylic acid groups (broad SMARTS) is 12. The third-order valence-electron chi connectivity index (χ3n) is 0. The number of carbonyl (C=O) groups excluding carboxylic acids is 6. The summed E-state index contributed by atoms with van der Waals surface area (Å²) in [4.78, 5) is 50.0. The van der Waals surface area contributed by atoms with Crippen LogP contribution in [-0.4, -0.2) is 263 Å². The van der Waals surface area contributed by atoms with Crippen LogP contribution in [0.25, 0.3) is 0 Å². The van der Waals surface area contributed by atoms with Crippen molar-refractivity contribution in [2.75, 3.05) is 0 Å². The van der Waals surface area contributed by atoms with Gasteiger partial charge in [-0.25, -0.2) is 0 Å². The number of carbonyl (C=O) groups is 6. The molecular weight excluding hydrogens is 601 g/mol. The fourth-order valence-electron chi connectivity index (χ4n) is 0. The van der Waals surface area contributed by atoms with Gasteiger partial charge in [-0.15, -0.1) is 0 Å². The Kier molecular flexibility index (Phi) is 178. The Morgan fingerprint density at radius 3 is 0.233 bits per heavy atom. The molecule has 0 aromatic heterocycles. The maximum Gasteiger partial charge on any atom is 2.00 e. The number of hydrogen-bond donors (Lipinski definition) is 0. The molecule has 0 aliphatic rings. The van der Waals surface area contributed by atoms with Gasteiger partial charge in [-0.2, -0.15) is 0 Å². The largest absolute Gasteiger partial charge is 2.00 e. The molecule has 0 atom stereocenters. The average Bonchev–Trinajstić information content (AvgIpc) is 2.08. The van der Waals surface area contributed by atoms with Crippen molar-refractivity contribution in [3.05, 3.63) is 0 Å². The van der Waals surface area contributed by atoms with Gasteiger partial charge >= 0.3 is 226 Å². The normalized spacial score (nSPS) is 4.80. The summed E-state index contributed by atoms with van der Waals surface area (Å²) >= 11 is 0. The summed E-state index contributed by atoms with van der Waals surface area (Å²) in [5.74, 6) is 0. The molecule has 0 rings (SSSR count). The molecule has 0 unspecified atom stereocenters. The summed E-state index contributed by atoms with van der Waals surface area (Å²) in [6.45, 7) is 0. The van der Waals surface area contributed by atoms with Crippen LogP contribution in [0.1, 0.15) is 0 Å². The van der Waals surface area contributed by atoms with Crippen molar-refractivity contribution in [2.45, 2.75) is 0 Å². The third-order valence-corrected chi connectivity index (χ3v) is 0. The summed E-state index contributed by atoms with van der Waals surface area (Å²) < 4.78 is 0. The Morgan fingerprint density at radius 1 is 0.233 bits per heavy atom. The maximum absolute atomic E-state index is 8.33. The molecule has 0 radical (unpaired) electrons. The smallest absolute Gasteiger partial charge is 0.652 e. The zero-order valence-corrected chi connectivity index (χ0v) is 27.8. The molecule has 0 bridgehead atoms. The second-order valence-electron chi connectivity index (χ2n) is 1.50. The average molecular weight is 601 g/mol. The van der Waals surface area contributed by atoms with Gasteiger partial charge in [0.25, 0.3) is 0 Å². The summed E-state index contributed by atoms with van der Waals surface area (Å²) in [6, 6.07) is 0. The summed E-state index contributed by atoms with van der Waals surface area (Å²) in [7, 11) is 0. The van der Waals surface area contributed by atoms with Crippen LogP contribution in [0.2, 0.25) is 0 Å². The van der Waals surface area contributed by atoms with E-state index in [9.17, 15) is 0 Å². The Morgan fingerprint density at radius 2 is 0.233 bits per heavy atom. The molecule has 0 aromatic rings. The van der Waals surface area contributed by atoms with Gasteiger partial charge in [0.1, 0.15) is 0 Å². The molecule has 144 valence electrons. The molecule has 0 N–H and O–H groups in total. The molecule has 0 aliphatic heterocycles. The summed E-state index contributed by atoms with van der Waals surface area (Å²) in [6.07, 6.45) is -14.0. The zero-order valence-electron chi connectivity index (χ0n) is 14.6. The van der Waals surface area contributed by atoms with Crippen LogP contribution in [0, 0.1) is 0 Å². The van der Waals surface area contributed by atoms with E-state index in [1.807, 2.05) is 0 Å². The van der Waals surface area contributed by atoms with Crippen molar-refractivity contribution in [1.29, 1.82) is 0 Å². The molecule has 0 spiro atoms. The summed E-state index contributed by atoms with van der Waals surface area (Å²) in [5.41, 5.74) is 0. The summed E-state index contributed by atoms with van der Waals surface area (Å²) in [5, 5.41) is 100. The van der Waals surface area contributed by atoms with Gasteiger partial charge in [0.05, 0.1) is 0 Å². The van der Waals surface area contributed by atoms with E-state index in [-0.39, 0.29) is 226 Å². The molecule has 0 fully saturated rings. The molecule has 0 amide bonds. The van der Waals surface area contributed by atoms with Crippen LogP contribution in [0.4, 0.5) is 28.8 Å². The first kappa shape index (κ1) is 76.6. The van der Waals surface area contributed by atoms with E-state index in [0.717, 1.165) is 0 Å². The Bertz CT molecular complexity index is 272. The van der Waals surface area contributed by atoms with Crippen molar-refractivity contribution in [2.24, 2.45) is 0 Å². The van der Waals surface area contributed by atoms with Gasteiger partial charge in [0, 0.05) is 0 Å². The van der Waals surface area contributed by atoms with Gasteiger partial charge in [0.15, 0.2) is 0 Å². The van der Waals surface area contributed by atoms with Crippen LogP contribution >= 0.6 is 0 Å². The van der Waals surface area contributed by atoms with Crippen molar-refractivity contribution >= 4 is 263 Å². The van der Waals surface area contributed by atoms with E-state index < -0.39 is 36.9 Å². The Balaban J connectivity index is -0.0000000125. The molecule has 0 heterocycles. The molecule has 0 saturated heterocycles. The van der Waals surface area contributed by atoms with Crippen molar-refractivity contribution in [1.82, 2.24) is 0 Å². The SMILES string of the molecule is O=C([O-])[O-].O=C([O-])[O-].O=C([O-])[O-].O=C([O-])[O-].O=C([O-])[O-].O=C([O-])[O-].[Ca+2].[Ca+2].[Ca+2].[Ca+2].[Ca+2].[Ca+2]. The predicted octanol–water partition coefficient (Wildman–Crippen LogP) is -17.0. The first-order valence-electron chi connectivity index (χ1n) is 3.67. The third kappa shape index (κ3) is 2810. The quantitative estimate of drug-likeness (QED) is 0.233. The first-order valence-corrected chi connectivity index (χ1v) is 3.67. The molecule has 30 heavy (non-hydrogen) atoms. The fraction of sp³-hybridized carbons (Fsp3) is 0. The van der Waals surface area contributed by atoms with Gasteiger partial charge in [-0.05, 0) is 36.9 Å². The molecule has 0 aliphatic carbocycles. The monoisotopic (exact) mass is 600 g/mol. The van der Waals surface area contributed by atoms with Crippen molar-refractivity contribution in [3.8, 4) is 0 Å². The first-order chi connectivity index (χ1) is 10.4. The minimum Gasteiger partial charge on any atom is -0.652 e. The molecule has 24 heteroatoms. The minimum absolute atomic E-state index is 0. The van der Waals surface area contributed by atoms with Gasteiger partial charge < -0.3 is 90.0 Å². The van der Waals surface area contributed by atoms with Gasteiger partial charge in [-0.1, -0.05) is 0 Å². The van der Waals surface area contributed by atoms with Crippen molar-refractivity contribution in [3.63, 3.8) is 0 Å². The van der Waals surface area contributed by atoms with Crippen LogP contribution < -0.4 is 61.3 Å². The van der Waals surface area contributed by atoms with Crippen LogP contribution in [-0.2, 0) is 0 Å². The van der Waals surface area contributed by atoms with E-state index in [1.54, 1.807) is 0 Å². The van der Waals surface area contributed by atoms with Crippen LogP contribution in [0.3, 0.4) is 0 Å². The van der Waals surface area contributed by atoms with Gasteiger partial charge in [-0.3, -0.25) is 0 Å². The zero-order chi connectivity index (χ0) is 21.5. The second kappa shape index (κ2) is 69.7. The topological polar surface area (TPSA) is 379 Å². The van der Waals surface area contributed by atoms with E-state index in [2.05, 4.69) is 0 Å². The standard InChI is InChI=1S/6CH2O3.6Ca/c6*2-1(3)4;;;;;;/h6*(H2,2,3,4);;;;;;/q;;;;;;6*+2/p-12. The number of hydrogen-bond acceptors (Lipinski definition) is 18. The Labute approximate surface area is 345 Å². The van der Waals surface area contributed by atoms with E-state index in [0.29, 0.717) is 0 Å². The van der Waals surface area contributed by atoms with Crippen LogP contribution in [0.5, 0.6) is 0 Å². The fourth-order valence-corrected chi connectivity index (χ4v) is 0. The molecular formula is C6Ca6O18. The van der Waals surface area contributed by atoms with E-state index >= 15 is 0 Å². The Hall–Kier alpha value is 3.18. The maximum atomic E-state index is 8.33. The molecule has 18 nitrogen and oxygen atoms in total. The minimum atomic E-state index is -2.33. The molecule has 0 saturated carbocycles. The number of rotatable bonds is 0. The second-order valence-corrected chi connectivity index (χ2v) is 1.50. The predicted molar refractivity (Wildman–Crippen MR) is 66.9 cm³/mol.